The van der Waals surface area contributed by atoms with E-state index in [4.69, 9.17) is 10.5 Å². The number of fused-ring (bicyclic) bond motifs is 1. The van der Waals surface area contributed by atoms with Gasteiger partial charge in [-0.3, -0.25) is 4.79 Å². The molecule has 0 bridgehead atoms. The van der Waals surface area contributed by atoms with Gasteiger partial charge in [0.1, 0.15) is 0 Å². The molecule has 1 heterocycles. The van der Waals surface area contributed by atoms with E-state index in [9.17, 15) is 13.6 Å². The van der Waals surface area contributed by atoms with E-state index >= 15 is 0 Å². The first-order valence-corrected chi connectivity index (χ1v) is 5.86. The van der Waals surface area contributed by atoms with Crippen LogP contribution in [0.4, 0.5) is 14.5 Å². The summed E-state index contributed by atoms with van der Waals surface area (Å²) in [6, 6.07) is 3.99. The summed E-state index contributed by atoms with van der Waals surface area (Å²) in [6.07, 6.45) is -4.00. The van der Waals surface area contributed by atoms with Crippen LogP contribution in [0.5, 0.6) is 11.5 Å². The molecule has 8 heteroatoms. The fraction of sp³-hybridized carbons (Fsp3) is 0.417. The van der Waals surface area contributed by atoms with E-state index < -0.39 is 12.4 Å². The first-order chi connectivity index (χ1) is 9.43. The molecule has 1 amide bonds. The third-order valence-corrected chi connectivity index (χ3v) is 2.69. The number of halogens is 2. The van der Waals surface area contributed by atoms with Gasteiger partial charge in [-0.25, -0.2) is 0 Å². The van der Waals surface area contributed by atoms with Crippen LogP contribution < -0.4 is 20.5 Å². The molecule has 1 aliphatic heterocycles. The highest BCUT2D eigenvalue weighted by molar-refractivity contribution is 5.91. The lowest BCUT2D eigenvalue weighted by atomic mass is 10.2. The Hall–Kier alpha value is -1.93. The number of rotatable bonds is 5. The second-order valence-electron chi connectivity index (χ2n) is 4.17. The number of carbonyl (C=O) groups excluding carboxylic acids is 1. The number of hydrogen-bond donors (Lipinski definition) is 2. The number of nitrogens with one attached hydrogen (secondary N) is 1. The lowest BCUT2D eigenvalue weighted by Crippen LogP contribution is -2.28. The van der Waals surface area contributed by atoms with Crippen molar-refractivity contribution in [3.63, 3.8) is 0 Å². The number of nitrogens with two attached hydrogens (primary N) is 1. The molecule has 3 N–H and O–H groups in total. The van der Waals surface area contributed by atoms with E-state index in [2.05, 4.69) is 14.8 Å². The van der Waals surface area contributed by atoms with E-state index in [0.717, 1.165) is 0 Å². The molecule has 0 aliphatic carbocycles. The summed E-state index contributed by atoms with van der Waals surface area (Å²) >= 11 is 0. The quantitative estimate of drug-likeness (QED) is 0.853. The van der Waals surface area contributed by atoms with Gasteiger partial charge in [0.25, 0.3) is 0 Å². The largest absolute Gasteiger partial charge is 0.586 e. The standard InChI is InChI=1S/C12H14F2N2O4/c1-18-8(6-15)5-11(17)16-7-2-3-9-10(4-7)20-12(13,14)19-9/h2-4,8H,5-6,15H2,1H3,(H,16,17). The number of anilines is 1. The lowest BCUT2D eigenvalue weighted by Gasteiger charge is -2.12. The van der Waals surface area contributed by atoms with Crippen LogP contribution in [0.2, 0.25) is 0 Å². The van der Waals surface area contributed by atoms with Crippen molar-refractivity contribution >= 4 is 11.6 Å². The Balaban J connectivity index is 2.00. The number of amides is 1. The molecule has 0 spiro atoms. The Morgan fingerprint density at radius 3 is 2.80 bits per heavy atom. The third-order valence-electron chi connectivity index (χ3n) is 2.69. The summed E-state index contributed by atoms with van der Waals surface area (Å²) in [7, 11) is 1.45. The molecule has 1 unspecified atom stereocenters. The number of benzene rings is 1. The van der Waals surface area contributed by atoms with E-state index in [1.165, 1.54) is 25.3 Å². The summed E-state index contributed by atoms with van der Waals surface area (Å²) in [5.41, 5.74) is 5.72. The van der Waals surface area contributed by atoms with Gasteiger partial charge >= 0.3 is 6.29 Å². The first kappa shape index (κ1) is 14.5. The van der Waals surface area contributed by atoms with Crippen LogP contribution in [-0.2, 0) is 9.53 Å². The molecule has 20 heavy (non-hydrogen) atoms. The zero-order chi connectivity index (χ0) is 14.8. The molecule has 0 saturated heterocycles. The Kier molecular flexibility index (Phi) is 4.05. The number of hydrogen-bond acceptors (Lipinski definition) is 5. The molecule has 0 saturated carbocycles. The molecule has 6 nitrogen and oxygen atoms in total. The van der Waals surface area contributed by atoms with Crippen molar-refractivity contribution in [1.29, 1.82) is 0 Å². The highest BCUT2D eigenvalue weighted by atomic mass is 19.3. The van der Waals surface area contributed by atoms with Gasteiger partial charge in [-0.15, -0.1) is 8.78 Å². The molecule has 1 aliphatic rings. The number of carbonyl (C=O) groups is 1. The zero-order valence-corrected chi connectivity index (χ0v) is 10.7. The van der Waals surface area contributed by atoms with Gasteiger partial charge in [0.05, 0.1) is 12.5 Å². The minimum Gasteiger partial charge on any atom is -0.395 e. The van der Waals surface area contributed by atoms with Crippen molar-refractivity contribution in [2.24, 2.45) is 5.73 Å². The number of ether oxygens (including phenoxy) is 3. The fourth-order valence-corrected chi connectivity index (χ4v) is 1.71. The Morgan fingerprint density at radius 2 is 2.15 bits per heavy atom. The molecule has 0 radical (unpaired) electrons. The highest BCUT2D eigenvalue weighted by Crippen LogP contribution is 2.42. The summed E-state index contributed by atoms with van der Waals surface area (Å²) in [4.78, 5) is 11.7. The van der Waals surface area contributed by atoms with E-state index in [-0.39, 0.29) is 30.4 Å². The minimum absolute atomic E-state index is 0.0671. The summed E-state index contributed by atoms with van der Waals surface area (Å²) < 4.78 is 39.2. The number of methoxy groups -OCH3 is 1. The summed E-state index contributed by atoms with van der Waals surface area (Å²) in [5.74, 6) is -0.549. The maximum absolute atomic E-state index is 12.8. The van der Waals surface area contributed by atoms with E-state index in [0.29, 0.717) is 5.69 Å². The van der Waals surface area contributed by atoms with Gasteiger partial charge in [0, 0.05) is 25.4 Å². The molecule has 1 atom stereocenters. The van der Waals surface area contributed by atoms with Gasteiger partial charge in [-0.2, -0.15) is 0 Å². The predicted octanol–water partition coefficient (Wildman–Crippen LogP) is 1.31. The van der Waals surface area contributed by atoms with Crippen molar-refractivity contribution in [3.05, 3.63) is 18.2 Å². The highest BCUT2D eigenvalue weighted by Gasteiger charge is 2.43. The lowest BCUT2D eigenvalue weighted by molar-refractivity contribution is -0.286. The van der Waals surface area contributed by atoms with Crippen LogP contribution in [0.3, 0.4) is 0 Å². The molecular formula is C12H14F2N2O4. The maximum Gasteiger partial charge on any atom is 0.586 e. The van der Waals surface area contributed by atoms with Gasteiger partial charge in [-0.1, -0.05) is 0 Å². The van der Waals surface area contributed by atoms with Crippen LogP contribution in [0, 0.1) is 0 Å². The van der Waals surface area contributed by atoms with Crippen molar-refractivity contribution in [1.82, 2.24) is 0 Å². The Labute approximate surface area is 113 Å². The second-order valence-corrected chi connectivity index (χ2v) is 4.17. The topological polar surface area (TPSA) is 82.8 Å². The van der Waals surface area contributed by atoms with Gasteiger partial charge in [-0.05, 0) is 12.1 Å². The van der Waals surface area contributed by atoms with Crippen LogP contribution in [0.25, 0.3) is 0 Å². The van der Waals surface area contributed by atoms with Gasteiger partial charge < -0.3 is 25.3 Å². The molecular weight excluding hydrogens is 274 g/mol. The van der Waals surface area contributed by atoms with Crippen LogP contribution in [0.15, 0.2) is 18.2 Å². The van der Waals surface area contributed by atoms with Gasteiger partial charge in [0.15, 0.2) is 11.5 Å². The second kappa shape index (κ2) is 5.59. The average molecular weight is 288 g/mol. The molecule has 1 aromatic carbocycles. The normalized spacial score (nSPS) is 16.8. The molecule has 0 aromatic heterocycles. The fourth-order valence-electron chi connectivity index (χ4n) is 1.71. The third kappa shape index (κ3) is 3.34. The van der Waals surface area contributed by atoms with Crippen molar-refractivity contribution in [3.8, 4) is 11.5 Å². The monoisotopic (exact) mass is 288 g/mol. The zero-order valence-electron chi connectivity index (χ0n) is 10.7. The van der Waals surface area contributed by atoms with Crippen molar-refractivity contribution in [2.45, 2.75) is 18.8 Å². The summed E-state index contributed by atoms with van der Waals surface area (Å²) in [6.45, 7) is 0.206. The molecule has 1 aromatic rings. The van der Waals surface area contributed by atoms with E-state index in [1.54, 1.807) is 0 Å². The molecule has 2 rings (SSSR count). The first-order valence-electron chi connectivity index (χ1n) is 5.86. The van der Waals surface area contributed by atoms with Crippen LogP contribution in [0.1, 0.15) is 6.42 Å². The Morgan fingerprint density at radius 1 is 1.45 bits per heavy atom. The van der Waals surface area contributed by atoms with E-state index in [1.807, 2.05) is 0 Å². The number of alkyl halides is 2. The Bertz CT molecular complexity index is 506. The molecule has 110 valence electrons. The van der Waals surface area contributed by atoms with Crippen molar-refractivity contribution in [2.75, 3.05) is 19.0 Å². The van der Waals surface area contributed by atoms with Crippen LogP contribution in [-0.4, -0.2) is 32.0 Å². The van der Waals surface area contributed by atoms with Crippen molar-refractivity contribution < 1.29 is 27.8 Å². The van der Waals surface area contributed by atoms with Crippen LogP contribution >= 0.6 is 0 Å². The minimum atomic E-state index is -3.67. The predicted molar refractivity (Wildman–Crippen MR) is 65.7 cm³/mol. The smallest absolute Gasteiger partial charge is 0.395 e. The van der Waals surface area contributed by atoms with Gasteiger partial charge in [0.2, 0.25) is 5.91 Å². The molecule has 0 fully saturated rings. The SMILES string of the molecule is COC(CN)CC(=O)Nc1ccc2c(c1)OC(F)(F)O2. The average Bonchev–Trinajstić information content (AvgIpc) is 2.69. The summed E-state index contributed by atoms with van der Waals surface area (Å²) in [5, 5.41) is 2.54. The maximum atomic E-state index is 12.8.